The smallest absolute Gasteiger partial charge is 0.156 e. The summed E-state index contributed by atoms with van der Waals surface area (Å²) in [6.45, 7) is 2.05. The van der Waals surface area contributed by atoms with Crippen molar-refractivity contribution in [3.63, 3.8) is 0 Å². The van der Waals surface area contributed by atoms with Gasteiger partial charge in [-0.05, 0) is 30.2 Å². The van der Waals surface area contributed by atoms with E-state index >= 15 is 0 Å². The summed E-state index contributed by atoms with van der Waals surface area (Å²) in [6.07, 6.45) is 0. The van der Waals surface area contributed by atoms with Crippen LogP contribution in [0.1, 0.15) is 5.56 Å². The summed E-state index contributed by atoms with van der Waals surface area (Å²) in [5.41, 5.74) is 3.29. The lowest BCUT2D eigenvalue weighted by atomic mass is 10.0. The van der Waals surface area contributed by atoms with Gasteiger partial charge < -0.3 is 4.74 Å². The van der Waals surface area contributed by atoms with Crippen molar-refractivity contribution in [1.29, 1.82) is 0 Å². The van der Waals surface area contributed by atoms with E-state index in [1.54, 1.807) is 7.11 Å². The summed E-state index contributed by atoms with van der Waals surface area (Å²) in [5, 5.41) is 1.05. The van der Waals surface area contributed by atoms with Crippen LogP contribution in [0.5, 0.6) is 5.75 Å². The summed E-state index contributed by atoms with van der Waals surface area (Å²) >= 11 is 12.2. The van der Waals surface area contributed by atoms with E-state index in [9.17, 15) is 0 Å². The van der Waals surface area contributed by atoms with Crippen LogP contribution in [-0.4, -0.2) is 7.11 Å². The van der Waals surface area contributed by atoms with E-state index in [0.29, 0.717) is 15.8 Å². The van der Waals surface area contributed by atoms with E-state index in [2.05, 4.69) is 19.1 Å². The molecule has 0 N–H and O–H groups in total. The van der Waals surface area contributed by atoms with Gasteiger partial charge >= 0.3 is 0 Å². The highest BCUT2D eigenvalue weighted by atomic mass is 35.5. The molecule has 0 aliphatic heterocycles. The molecule has 2 rings (SSSR count). The minimum Gasteiger partial charge on any atom is -0.494 e. The minimum absolute atomic E-state index is 0.518. The third kappa shape index (κ3) is 2.56. The van der Waals surface area contributed by atoms with Gasteiger partial charge in [-0.15, -0.1) is 0 Å². The predicted molar refractivity (Wildman–Crippen MR) is 73.2 cm³/mol. The summed E-state index contributed by atoms with van der Waals surface area (Å²) in [5.74, 6) is 0.518. The van der Waals surface area contributed by atoms with E-state index in [-0.39, 0.29) is 0 Å². The van der Waals surface area contributed by atoms with Crippen molar-refractivity contribution in [2.24, 2.45) is 0 Å². The summed E-state index contributed by atoms with van der Waals surface area (Å²) < 4.78 is 5.12. The predicted octanol–water partition coefficient (Wildman–Crippen LogP) is 4.98. The Labute approximate surface area is 111 Å². The quantitative estimate of drug-likeness (QED) is 0.745. The van der Waals surface area contributed by atoms with E-state index in [1.807, 2.05) is 24.3 Å². The number of ether oxygens (including phenoxy) is 1. The molecule has 0 amide bonds. The lowest BCUT2D eigenvalue weighted by molar-refractivity contribution is 0.415. The van der Waals surface area contributed by atoms with Crippen molar-refractivity contribution in [2.45, 2.75) is 6.92 Å². The molecule has 0 fully saturated rings. The van der Waals surface area contributed by atoms with Gasteiger partial charge in [0.05, 0.1) is 17.2 Å². The van der Waals surface area contributed by atoms with Crippen molar-refractivity contribution in [2.75, 3.05) is 7.11 Å². The Morgan fingerprint density at radius 2 is 1.41 bits per heavy atom. The van der Waals surface area contributed by atoms with E-state index < -0.39 is 0 Å². The zero-order valence-corrected chi connectivity index (χ0v) is 11.1. The molecule has 0 aromatic heterocycles. The highest BCUT2D eigenvalue weighted by molar-refractivity contribution is 6.37. The normalized spacial score (nSPS) is 10.4. The van der Waals surface area contributed by atoms with Gasteiger partial charge in [0, 0.05) is 0 Å². The highest BCUT2D eigenvalue weighted by Gasteiger charge is 2.09. The van der Waals surface area contributed by atoms with E-state index in [1.165, 1.54) is 5.56 Å². The Kier molecular flexibility index (Phi) is 3.60. The molecule has 2 aromatic rings. The molecule has 0 unspecified atom stereocenters. The molecular formula is C14H12Cl2O. The molecule has 0 aliphatic rings. The maximum atomic E-state index is 6.11. The molecule has 0 aliphatic carbocycles. The first-order valence-corrected chi connectivity index (χ1v) is 5.97. The Morgan fingerprint density at radius 3 is 1.88 bits per heavy atom. The van der Waals surface area contributed by atoms with Crippen LogP contribution in [0.3, 0.4) is 0 Å². The lowest BCUT2D eigenvalue weighted by Crippen LogP contribution is -1.87. The van der Waals surface area contributed by atoms with Gasteiger partial charge in [-0.3, -0.25) is 0 Å². The summed E-state index contributed by atoms with van der Waals surface area (Å²) in [7, 11) is 1.55. The monoisotopic (exact) mass is 266 g/mol. The maximum Gasteiger partial charge on any atom is 0.156 e. The van der Waals surface area contributed by atoms with Gasteiger partial charge in [0.2, 0.25) is 0 Å². The number of hydrogen-bond donors (Lipinski definition) is 0. The van der Waals surface area contributed by atoms with Gasteiger partial charge in [-0.1, -0.05) is 53.0 Å². The van der Waals surface area contributed by atoms with Crippen molar-refractivity contribution < 1.29 is 4.74 Å². The fourth-order valence-corrected chi connectivity index (χ4v) is 2.31. The molecule has 17 heavy (non-hydrogen) atoms. The third-order valence-electron chi connectivity index (χ3n) is 2.59. The topological polar surface area (TPSA) is 9.23 Å². The van der Waals surface area contributed by atoms with Crippen molar-refractivity contribution >= 4 is 23.2 Å². The molecule has 2 aromatic carbocycles. The Hall–Kier alpha value is -1.18. The number of methoxy groups -OCH3 is 1. The van der Waals surface area contributed by atoms with Crippen molar-refractivity contribution in [1.82, 2.24) is 0 Å². The van der Waals surface area contributed by atoms with E-state index in [0.717, 1.165) is 11.1 Å². The Balaban J connectivity index is 2.50. The van der Waals surface area contributed by atoms with Crippen LogP contribution in [0, 0.1) is 6.92 Å². The van der Waals surface area contributed by atoms with E-state index in [4.69, 9.17) is 27.9 Å². The van der Waals surface area contributed by atoms with Crippen LogP contribution >= 0.6 is 23.2 Å². The summed E-state index contributed by atoms with van der Waals surface area (Å²) in [4.78, 5) is 0. The van der Waals surface area contributed by atoms with Gasteiger partial charge in [0.25, 0.3) is 0 Å². The minimum atomic E-state index is 0.518. The van der Waals surface area contributed by atoms with Gasteiger partial charge in [0.1, 0.15) is 0 Å². The second-order valence-electron chi connectivity index (χ2n) is 3.84. The molecule has 3 heteroatoms. The summed E-state index contributed by atoms with van der Waals surface area (Å²) in [6, 6.07) is 11.9. The molecule has 0 bridgehead atoms. The first kappa shape index (κ1) is 12.3. The van der Waals surface area contributed by atoms with Gasteiger partial charge in [-0.2, -0.15) is 0 Å². The zero-order valence-electron chi connectivity index (χ0n) is 9.63. The zero-order chi connectivity index (χ0) is 12.4. The number of aryl methyl sites for hydroxylation is 1. The molecule has 0 saturated carbocycles. The number of halogens is 2. The standard InChI is InChI=1S/C14H12Cl2O/c1-9-3-5-10(6-4-9)11-7-12(15)14(17-2)13(16)8-11/h3-8H,1-2H3. The van der Waals surface area contributed by atoms with Crippen LogP contribution < -0.4 is 4.74 Å². The second kappa shape index (κ2) is 4.99. The largest absolute Gasteiger partial charge is 0.494 e. The molecule has 1 nitrogen and oxygen atoms in total. The molecular weight excluding hydrogens is 255 g/mol. The molecule has 0 atom stereocenters. The molecule has 0 saturated heterocycles. The molecule has 0 spiro atoms. The fourth-order valence-electron chi connectivity index (χ4n) is 1.67. The van der Waals surface area contributed by atoms with Crippen LogP contribution in [0.15, 0.2) is 36.4 Å². The Bertz CT molecular complexity index is 509. The van der Waals surface area contributed by atoms with Gasteiger partial charge in [-0.25, -0.2) is 0 Å². The average Bonchev–Trinajstić information content (AvgIpc) is 2.29. The van der Waals surface area contributed by atoms with Crippen LogP contribution in [0.2, 0.25) is 10.0 Å². The van der Waals surface area contributed by atoms with Crippen molar-refractivity contribution in [3.05, 3.63) is 52.0 Å². The number of benzene rings is 2. The second-order valence-corrected chi connectivity index (χ2v) is 4.65. The molecule has 0 heterocycles. The molecule has 88 valence electrons. The highest BCUT2D eigenvalue weighted by Crippen LogP contribution is 2.37. The first-order chi connectivity index (χ1) is 8.11. The molecule has 0 radical (unpaired) electrons. The Morgan fingerprint density at radius 1 is 0.882 bits per heavy atom. The first-order valence-electron chi connectivity index (χ1n) is 5.22. The van der Waals surface area contributed by atoms with Crippen LogP contribution in [0.4, 0.5) is 0 Å². The number of rotatable bonds is 2. The fraction of sp³-hybridized carbons (Fsp3) is 0.143. The lowest BCUT2D eigenvalue weighted by Gasteiger charge is -2.09. The van der Waals surface area contributed by atoms with Crippen molar-refractivity contribution in [3.8, 4) is 16.9 Å². The number of hydrogen-bond acceptors (Lipinski definition) is 1. The van der Waals surface area contributed by atoms with Gasteiger partial charge in [0.15, 0.2) is 5.75 Å². The van der Waals surface area contributed by atoms with Crippen LogP contribution in [0.25, 0.3) is 11.1 Å². The third-order valence-corrected chi connectivity index (χ3v) is 3.15. The maximum absolute atomic E-state index is 6.11. The average molecular weight is 267 g/mol. The SMILES string of the molecule is COc1c(Cl)cc(-c2ccc(C)cc2)cc1Cl. The van der Waals surface area contributed by atoms with Crippen LogP contribution in [-0.2, 0) is 0 Å².